The Morgan fingerprint density at radius 2 is 2.06 bits per heavy atom. The zero-order valence-corrected chi connectivity index (χ0v) is 11.7. The van der Waals surface area contributed by atoms with Crippen molar-refractivity contribution in [2.24, 2.45) is 5.84 Å². The number of benzene rings is 1. The molecular formula is C12H14BrN5. The molecule has 2 aromatic rings. The number of hydrogen-bond donors (Lipinski definition) is 3. The summed E-state index contributed by atoms with van der Waals surface area (Å²) in [6.07, 6.45) is 1.72. The minimum absolute atomic E-state index is 0.381. The molecule has 1 heterocycles. The van der Waals surface area contributed by atoms with Crippen LogP contribution in [0.3, 0.4) is 0 Å². The van der Waals surface area contributed by atoms with Gasteiger partial charge in [0.2, 0.25) is 5.95 Å². The van der Waals surface area contributed by atoms with E-state index >= 15 is 0 Å². The molecule has 18 heavy (non-hydrogen) atoms. The minimum Gasteiger partial charge on any atom is -0.339 e. The first-order valence-corrected chi connectivity index (χ1v) is 6.23. The Labute approximate surface area is 114 Å². The summed E-state index contributed by atoms with van der Waals surface area (Å²) >= 11 is 3.50. The highest BCUT2D eigenvalue weighted by atomic mass is 79.9. The first-order valence-electron chi connectivity index (χ1n) is 5.43. The summed E-state index contributed by atoms with van der Waals surface area (Å²) in [5.41, 5.74) is 5.51. The summed E-state index contributed by atoms with van der Waals surface area (Å²) in [6.45, 7) is 3.98. The van der Waals surface area contributed by atoms with Gasteiger partial charge in [-0.05, 0) is 47.5 Å². The van der Waals surface area contributed by atoms with E-state index in [9.17, 15) is 0 Å². The molecule has 0 radical (unpaired) electrons. The Balaban J connectivity index is 2.36. The summed E-state index contributed by atoms with van der Waals surface area (Å²) in [4.78, 5) is 8.32. The normalized spacial score (nSPS) is 10.2. The lowest BCUT2D eigenvalue weighted by atomic mass is 10.2. The van der Waals surface area contributed by atoms with Gasteiger partial charge in [0, 0.05) is 16.2 Å². The number of halogens is 1. The molecule has 6 heteroatoms. The maximum atomic E-state index is 5.30. The van der Waals surface area contributed by atoms with E-state index in [4.69, 9.17) is 5.84 Å². The topological polar surface area (TPSA) is 75.9 Å². The molecule has 5 nitrogen and oxygen atoms in total. The summed E-state index contributed by atoms with van der Waals surface area (Å²) in [7, 11) is 0. The number of nitrogen functional groups attached to an aromatic ring is 1. The maximum absolute atomic E-state index is 5.30. The summed E-state index contributed by atoms with van der Waals surface area (Å²) in [5.74, 6) is 6.41. The number of nitrogens with one attached hydrogen (secondary N) is 2. The second-order valence-corrected chi connectivity index (χ2v) is 4.83. The van der Waals surface area contributed by atoms with E-state index in [1.807, 2.05) is 32.0 Å². The smallest absolute Gasteiger partial charge is 0.239 e. The number of nitrogens with zero attached hydrogens (tertiary/aromatic N) is 2. The quantitative estimate of drug-likeness (QED) is 0.600. The number of hydrogen-bond acceptors (Lipinski definition) is 5. The zero-order valence-electron chi connectivity index (χ0n) is 10.2. The lowest BCUT2D eigenvalue weighted by molar-refractivity contribution is 1.09. The van der Waals surface area contributed by atoms with Crippen LogP contribution in [0.5, 0.6) is 0 Å². The number of hydrazine groups is 1. The summed E-state index contributed by atoms with van der Waals surface area (Å²) in [6, 6.07) is 6.08. The van der Waals surface area contributed by atoms with Crippen molar-refractivity contribution >= 4 is 33.4 Å². The van der Waals surface area contributed by atoms with Crippen LogP contribution in [-0.2, 0) is 0 Å². The van der Waals surface area contributed by atoms with Crippen LogP contribution in [0.4, 0.5) is 17.5 Å². The van der Waals surface area contributed by atoms with Crippen molar-refractivity contribution in [3.63, 3.8) is 0 Å². The molecule has 2 rings (SSSR count). The lowest BCUT2D eigenvalue weighted by Crippen LogP contribution is -2.11. The minimum atomic E-state index is 0.381. The van der Waals surface area contributed by atoms with E-state index in [0.717, 1.165) is 21.5 Å². The van der Waals surface area contributed by atoms with Gasteiger partial charge in [-0.1, -0.05) is 6.07 Å². The molecule has 94 valence electrons. The molecule has 0 spiro atoms. The van der Waals surface area contributed by atoms with E-state index in [0.29, 0.717) is 5.95 Å². The van der Waals surface area contributed by atoms with Gasteiger partial charge in [0.1, 0.15) is 5.82 Å². The number of anilines is 3. The SMILES string of the molecule is Cc1ccc(Br)c(Nc2nc(NN)ncc2C)c1. The van der Waals surface area contributed by atoms with Gasteiger partial charge < -0.3 is 5.32 Å². The maximum Gasteiger partial charge on any atom is 0.239 e. The largest absolute Gasteiger partial charge is 0.339 e. The molecule has 4 N–H and O–H groups in total. The number of aromatic nitrogens is 2. The molecule has 0 aliphatic rings. The lowest BCUT2D eigenvalue weighted by Gasteiger charge is -2.11. The van der Waals surface area contributed by atoms with Gasteiger partial charge in [-0.2, -0.15) is 4.98 Å². The molecule has 0 aliphatic heterocycles. The predicted octanol–water partition coefficient (Wildman–Crippen LogP) is 2.89. The molecule has 0 unspecified atom stereocenters. The first kappa shape index (κ1) is 12.8. The van der Waals surface area contributed by atoms with Gasteiger partial charge in [0.15, 0.2) is 0 Å². The Bertz CT molecular complexity index is 570. The third-order valence-electron chi connectivity index (χ3n) is 2.48. The zero-order chi connectivity index (χ0) is 13.1. The van der Waals surface area contributed by atoms with Crippen LogP contribution in [0.25, 0.3) is 0 Å². The van der Waals surface area contributed by atoms with Gasteiger partial charge in [-0.3, -0.25) is 5.43 Å². The molecular weight excluding hydrogens is 294 g/mol. The molecule has 0 atom stereocenters. The van der Waals surface area contributed by atoms with Crippen molar-refractivity contribution in [3.8, 4) is 0 Å². The molecule has 0 fully saturated rings. The van der Waals surface area contributed by atoms with E-state index in [2.05, 4.69) is 36.6 Å². The van der Waals surface area contributed by atoms with Crippen LogP contribution in [0, 0.1) is 13.8 Å². The Morgan fingerprint density at radius 3 is 2.78 bits per heavy atom. The fourth-order valence-electron chi connectivity index (χ4n) is 1.50. The van der Waals surface area contributed by atoms with Crippen molar-refractivity contribution in [3.05, 3.63) is 40.0 Å². The van der Waals surface area contributed by atoms with E-state index < -0.39 is 0 Å². The molecule has 0 amide bonds. The monoisotopic (exact) mass is 307 g/mol. The van der Waals surface area contributed by atoms with Crippen molar-refractivity contribution in [1.82, 2.24) is 9.97 Å². The second kappa shape index (κ2) is 5.32. The number of rotatable bonds is 3. The second-order valence-electron chi connectivity index (χ2n) is 3.98. The van der Waals surface area contributed by atoms with Crippen LogP contribution in [0.2, 0.25) is 0 Å². The molecule has 1 aromatic carbocycles. The highest BCUT2D eigenvalue weighted by Crippen LogP contribution is 2.27. The first-order chi connectivity index (χ1) is 8.60. The van der Waals surface area contributed by atoms with Gasteiger partial charge in [-0.25, -0.2) is 10.8 Å². The summed E-state index contributed by atoms with van der Waals surface area (Å²) < 4.78 is 0.980. The fraction of sp³-hybridized carbons (Fsp3) is 0.167. The summed E-state index contributed by atoms with van der Waals surface area (Å²) in [5, 5.41) is 3.26. The van der Waals surface area contributed by atoms with Crippen LogP contribution >= 0.6 is 15.9 Å². The van der Waals surface area contributed by atoms with Gasteiger partial charge >= 0.3 is 0 Å². The van der Waals surface area contributed by atoms with Crippen molar-refractivity contribution in [1.29, 1.82) is 0 Å². The Kier molecular flexibility index (Phi) is 3.78. The van der Waals surface area contributed by atoms with Crippen LogP contribution in [-0.4, -0.2) is 9.97 Å². The third kappa shape index (κ3) is 2.77. The Morgan fingerprint density at radius 1 is 1.28 bits per heavy atom. The van der Waals surface area contributed by atoms with Crippen molar-refractivity contribution in [2.75, 3.05) is 10.7 Å². The average molecular weight is 308 g/mol. The molecule has 0 aliphatic carbocycles. The van der Waals surface area contributed by atoms with Crippen LogP contribution in [0.15, 0.2) is 28.9 Å². The molecule has 0 bridgehead atoms. The third-order valence-corrected chi connectivity index (χ3v) is 3.17. The standard InChI is InChI=1S/C12H14BrN5/c1-7-3-4-9(13)10(5-7)16-11-8(2)6-15-12(17-11)18-14/h3-6H,14H2,1-2H3,(H2,15,16,17,18). The van der Waals surface area contributed by atoms with E-state index in [-0.39, 0.29) is 0 Å². The molecule has 1 aromatic heterocycles. The molecule has 0 saturated carbocycles. The van der Waals surface area contributed by atoms with Crippen LogP contribution in [0.1, 0.15) is 11.1 Å². The number of aryl methyl sites for hydroxylation is 2. The van der Waals surface area contributed by atoms with Gasteiger partial charge in [0.25, 0.3) is 0 Å². The van der Waals surface area contributed by atoms with Gasteiger partial charge in [0.05, 0.1) is 5.69 Å². The average Bonchev–Trinajstić information content (AvgIpc) is 2.36. The van der Waals surface area contributed by atoms with Crippen molar-refractivity contribution in [2.45, 2.75) is 13.8 Å². The highest BCUT2D eigenvalue weighted by Gasteiger charge is 2.06. The Hall–Kier alpha value is -1.66. The molecule has 0 saturated heterocycles. The van der Waals surface area contributed by atoms with Gasteiger partial charge in [-0.15, -0.1) is 0 Å². The predicted molar refractivity (Wildman–Crippen MR) is 76.7 cm³/mol. The highest BCUT2D eigenvalue weighted by molar-refractivity contribution is 9.10. The van der Waals surface area contributed by atoms with E-state index in [1.54, 1.807) is 6.20 Å². The number of nitrogens with two attached hydrogens (primary N) is 1. The van der Waals surface area contributed by atoms with Crippen molar-refractivity contribution < 1.29 is 0 Å². The van der Waals surface area contributed by atoms with Crippen LogP contribution < -0.4 is 16.6 Å². The van der Waals surface area contributed by atoms with E-state index in [1.165, 1.54) is 5.56 Å². The fourth-order valence-corrected chi connectivity index (χ4v) is 1.85.